The fourth-order valence-corrected chi connectivity index (χ4v) is 3.52. The van der Waals surface area contributed by atoms with Gasteiger partial charge in [0.25, 0.3) is 0 Å². The van der Waals surface area contributed by atoms with Gasteiger partial charge < -0.3 is 0 Å². The van der Waals surface area contributed by atoms with Crippen LogP contribution in [-0.4, -0.2) is 0 Å². The predicted octanol–water partition coefficient (Wildman–Crippen LogP) is 3.86. The van der Waals surface area contributed by atoms with E-state index in [1.165, 1.54) is 32.1 Å². The number of rotatable bonds is 0. The molecule has 2 saturated carbocycles. The second-order valence-corrected chi connectivity index (χ2v) is 5.25. The summed E-state index contributed by atoms with van der Waals surface area (Å²) in [7, 11) is 0. The second-order valence-electron chi connectivity index (χ2n) is 5.25. The van der Waals surface area contributed by atoms with Crippen LogP contribution in [-0.2, 0) is 0 Å². The van der Waals surface area contributed by atoms with Crippen molar-refractivity contribution in [3.05, 3.63) is 0 Å². The Hall–Kier alpha value is 0. The smallest absolute Gasteiger partial charge is 0.0360 e. The maximum atomic E-state index is 2.48. The van der Waals surface area contributed by atoms with Crippen LogP contribution < -0.4 is 0 Å². The Morgan fingerprint density at radius 3 is 2.58 bits per heavy atom. The molecular weight excluding hydrogens is 144 g/mol. The summed E-state index contributed by atoms with van der Waals surface area (Å²) in [6.45, 7) is 4.92. The summed E-state index contributed by atoms with van der Waals surface area (Å²) in [4.78, 5) is 0. The van der Waals surface area contributed by atoms with Crippen LogP contribution in [0, 0.1) is 23.7 Å². The van der Waals surface area contributed by atoms with Crippen molar-refractivity contribution in [2.45, 2.75) is 52.4 Å². The first-order valence-electron chi connectivity index (χ1n) is 5.77. The Bertz CT molecular complexity index is 150. The molecule has 0 bridgehead atoms. The molecule has 4 atom stereocenters. The van der Waals surface area contributed by atoms with Crippen LogP contribution in [0.1, 0.15) is 52.4 Å². The van der Waals surface area contributed by atoms with Crippen molar-refractivity contribution in [3.63, 3.8) is 0 Å². The maximum Gasteiger partial charge on any atom is -0.0360 e. The predicted molar refractivity (Wildman–Crippen MR) is 53.0 cm³/mol. The molecule has 0 aromatic rings. The minimum absolute atomic E-state index is 1.02. The molecule has 0 amide bonds. The molecule has 0 aliphatic heterocycles. The van der Waals surface area contributed by atoms with Crippen molar-refractivity contribution in [2.75, 3.05) is 0 Å². The van der Waals surface area contributed by atoms with E-state index in [-0.39, 0.29) is 0 Å². The highest BCUT2D eigenvalue weighted by Gasteiger charge is 2.34. The van der Waals surface area contributed by atoms with Crippen LogP contribution in [0.25, 0.3) is 0 Å². The Kier molecular flexibility index (Phi) is 2.43. The first kappa shape index (κ1) is 8.59. The van der Waals surface area contributed by atoms with Crippen molar-refractivity contribution < 1.29 is 0 Å². The highest BCUT2D eigenvalue weighted by atomic mass is 14.4. The molecule has 0 heterocycles. The van der Waals surface area contributed by atoms with Gasteiger partial charge in [0.1, 0.15) is 0 Å². The Morgan fingerprint density at radius 2 is 1.75 bits per heavy atom. The van der Waals surface area contributed by atoms with E-state index in [1.54, 1.807) is 6.42 Å². The quantitative estimate of drug-likeness (QED) is 0.512. The third kappa shape index (κ3) is 1.53. The number of hydrogen-bond donors (Lipinski definition) is 0. The van der Waals surface area contributed by atoms with Crippen LogP contribution in [0.3, 0.4) is 0 Å². The van der Waals surface area contributed by atoms with E-state index in [0.717, 1.165) is 23.7 Å². The topological polar surface area (TPSA) is 0 Å². The summed E-state index contributed by atoms with van der Waals surface area (Å²) in [5.41, 5.74) is 0. The molecule has 2 aliphatic carbocycles. The third-order valence-electron chi connectivity index (χ3n) is 4.27. The van der Waals surface area contributed by atoms with Crippen LogP contribution in [0.15, 0.2) is 0 Å². The van der Waals surface area contributed by atoms with Gasteiger partial charge in [-0.1, -0.05) is 39.5 Å². The zero-order valence-electron chi connectivity index (χ0n) is 8.55. The van der Waals surface area contributed by atoms with Gasteiger partial charge in [-0.25, -0.2) is 0 Å². The van der Waals surface area contributed by atoms with E-state index >= 15 is 0 Å². The van der Waals surface area contributed by atoms with Gasteiger partial charge in [0.2, 0.25) is 0 Å². The molecule has 2 aliphatic rings. The fourth-order valence-electron chi connectivity index (χ4n) is 3.52. The lowest BCUT2D eigenvalue weighted by molar-refractivity contribution is 0.0892. The molecule has 0 saturated heterocycles. The molecule has 0 aromatic carbocycles. The molecule has 0 nitrogen and oxygen atoms in total. The minimum Gasteiger partial charge on any atom is -0.0625 e. The molecule has 70 valence electrons. The summed E-state index contributed by atoms with van der Waals surface area (Å²) in [6.07, 6.45) is 9.14. The van der Waals surface area contributed by atoms with Crippen LogP contribution >= 0.6 is 0 Å². The SMILES string of the molecule is C[C@@H]1CC[C@@H]2[C@H](CCC[C@@H]2C)C1. The maximum absolute atomic E-state index is 2.48. The lowest BCUT2D eigenvalue weighted by atomic mass is 9.64. The van der Waals surface area contributed by atoms with Gasteiger partial charge in [-0.3, -0.25) is 0 Å². The first-order valence-corrected chi connectivity index (χ1v) is 5.77. The van der Waals surface area contributed by atoms with Crippen molar-refractivity contribution in [3.8, 4) is 0 Å². The van der Waals surface area contributed by atoms with Crippen molar-refractivity contribution in [1.82, 2.24) is 0 Å². The lowest BCUT2D eigenvalue weighted by Crippen LogP contribution is -2.31. The molecule has 0 N–H and O–H groups in total. The Morgan fingerprint density at radius 1 is 0.917 bits per heavy atom. The van der Waals surface area contributed by atoms with Gasteiger partial charge in [-0.05, 0) is 36.5 Å². The Labute approximate surface area is 76.7 Å². The van der Waals surface area contributed by atoms with E-state index in [1.807, 2.05) is 0 Å². The average molecular weight is 166 g/mol. The standard InChI is InChI=1S/C12H22/c1-9-6-7-12-10(2)4-3-5-11(12)8-9/h9-12H,3-8H2,1-2H3/t9-,10+,11-,12+/m1/s1. The van der Waals surface area contributed by atoms with Gasteiger partial charge in [0.05, 0.1) is 0 Å². The van der Waals surface area contributed by atoms with Crippen molar-refractivity contribution >= 4 is 0 Å². The zero-order chi connectivity index (χ0) is 8.55. The molecule has 12 heavy (non-hydrogen) atoms. The van der Waals surface area contributed by atoms with Gasteiger partial charge in [0, 0.05) is 0 Å². The number of hydrogen-bond acceptors (Lipinski definition) is 0. The highest BCUT2D eigenvalue weighted by molar-refractivity contribution is 4.85. The largest absolute Gasteiger partial charge is 0.0625 e. The fraction of sp³-hybridized carbons (Fsp3) is 1.00. The molecule has 0 heteroatoms. The molecule has 2 rings (SSSR count). The van der Waals surface area contributed by atoms with E-state index in [4.69, 9.17) is 0 Å². The molecule has 2 fully saturated rings. The highest BCUT2D eigenvalue weighted by Crippen LogP contribution is 2.45. The summed E-state index contributed by atoms with van der Waals surface area (Å²) in [6, 6.07) is 0. The average Bonchev–Trinajstić information content (AvgIpc) is 2.04. The molecular formula is C12H22. The number of fused-ring (bicyclic) bond motifs is 1. The van der Waals surface area contributed by atoms with E-state index in [9.17, 15) is 0 Å². The zero-order valence-corrected chi connectivity index (χ0v) is 8.55. The second kappa shape index (κ2) is 3.40. The van der Waals surface area contributed by atoms with Gasteiger partial charge in [0.15, 0.2) is 0 Å². The molecule has 0 unspecified atom stereocenters. The molecule has 0 aromatic heterocycles. The van der Waals surface area contributed by atoms with E-state index in [2.05, 4.69) is 13.8 Å². The van der Waals surface area contributed by atoms with Crippen LogP contribution in [0.5, 0.6) is 0 Å². The van der Waals surface area contributed by atoms with Gasteiger partial charge in [-0.2, -0.15) is 0 Å². The first-order chi connectivity index (χ1) is 5.77. The Balaban J connectivity index is 1.99. The molecule has 0 radical (unpaired) electrons. The minimum atomic E-state index is 1.02. The normalized spacial score (nSPS) is 48.5. The van der Waals surface area contributed by atoms with Gasteiger partial charge >= 0.3 is 0 Å². The summed E-state index contributed by atoms with van der Waals surface area (Å²) in [5, 5.41) is 0. The monoisotopic (exact) mass is 166 g/mol. The van der Waals surface area contributed by atoms with Gasteiger partial charge in [-0.15, -0.1) is 0 Å². The third-order valence-corrected chi connectivity index (χ3v) is 4.27. The van der Waals surface area contributed by atoms with Crippen molar-refractivity contribution in [2.24, 2.45) is 23.7 Å². The molecule has 0 spiro atoms. The summed E-state index contributed by atoms with van der Waals surface area (Å²) < 4.78 is 0. The van der Waals surface area contributed by atoms with E-state index in [0.29, 0.717) is 0 Å². The van der Waals surface area contributed by atoms with Crippen LogP contribution in [0.2, 0.25) is 0 Å². The van der Waals surface area contributed by atoms with Crippen molar-refractivity contribution in [1.29, 1.82) is 0 Å². The summed E-state index contributed by atoms with van der Waals surface area (Å²) in [5.74, 6) is 4.28. The summed E-state index contributed by atoms with van der Waals surface area (Å²) >= 11 is 0. The van der Waals surface area contributed by atoms with E-state index < -0.39 is 0 Å². The van der Waals surface area contributed by atoms with Crippen LogP contribution in [0.4, 0.5) is 0 Å². The lowest BCUT2D eigenvalue weighted by Gasteiger charge is -2.42.